The van der Waals surface area contributed by atoms with Gasteiger partial charge in [-0.15, -0.1) is 0 Å². The molecule has 7 nitrogen and oxygen atoms in total. The first-order valence-corrected chi connectivity index (χ1v) is 5.94. The minimum Gasteiger partial charge on any atom is -0.503 e. The molecule has 1 N–H and O–H groups in total. The molecule has 1 amide bonds. The maximum atomic E-state index is 11.9. The Morgan fingerprint density at radius 1 is 1.37 bits per heavy atom. The van der Waals surface area contributed by atoms with Crippen LogP contribution < -0.4 is 0 Å². The molecule has 0 aromatic rings. The van der Waals surface area contributed by atoms with Crippen molar-refractivity contribution in [1.82, 2.24) is 4.90 Å². The Morgan fingerprint density at radius 2 is 1.95 bits per heavy atom. The summed E-state index contributed by atoms with van der Waals surface area (Å²) in [7, 11) is 3.01. The Bertz CT molecular complexity index is 372. The van der Waals surface area contributed by atoms with Gasteiger partial charge >= 0.3 is 5.97 Å². The van der Waals surface area contributed by atoms with Gasteiger partial charge in [-0.3, -0.25) is 4.79 Å². The molecule has 0 aromatic heterocycles. The molecule has 0 unspecified atom stereocenters. The summed E-state index contributed by atoms with van der Waals surface area (Å²) in [4.78, 5) is 24.9. The number of nitrogens with zero attached hydrogens (tertiary/aromatic N) is 1. The lowest BCUT2D eigenvalue weighted by atomic mass is 10.2. The van der Waals surface area contributed by atoms with E-state index in [1.165, 1.54) is 19.1 Å². The molecule has 1 heterocycles. The van der Waals surface area contributed by atoms with E-state index < -0.39 is 17.6 Å². The first kappa shape index (κ1) is 15.5. The smallest absolute Gasteiger partial charge is 0.339 e. The Morgan fingerprint density at radius 3 is 2.42 bits per heavy atom. The zero-order valence-corrected chi connectivity index (χ0v) is 11.3. The normalized spacial score (nSPS) is 15.6. The van der Waals surface area contributed by atoms with Crippen molar-refractivity contribution in [3.05, 3.63) is 11.3 Å². The quantitative estimate of drug-likeness (QED) is 0.650. The van der Waals surface area contributed by atoms with Crippen LogP contribution in [0.2, 0.25) is 0 Å². The van der Waals surface area contributed by atoms with Gasteiger partial charge in [-0.1, -0.05) is 0 Å². The molecular weight excluding hydrogens is 254 g/mol. The second-order valence-corrected chi connectivity index (χ2v) is 4.05. The number of hydrogen-bond donors (Lipinski definition) is 1. The van der Waals surface area contributed by atoms with E-state index in [0.717, 1.165) is 0 Å². The Labute approximate surface area is 111 Å². The van der Waals surface area contributed by atoms with E-state index in [0.29, 0.717) is 0 Å². The summed E-state index contributed by atoms with van der Waals surface area (Å²) in [5, 5.41) is 9.72. The summed E-state index contributed by atoms with van der Waals surface area (Å²) in [5.41, 5.74) is -0.0240. The van der Waals surface area contributed by atoms with E-state index in [4.69, 9.17) is 14.2 Å². The fraction of sp³-hybridized carbons (Fsp3) is 0.667. The van der Waals surface area contributed by atoms with Gasteiger partial charge in [0, 0.05) is 14.2 Å². The summed E-state index contributed by atoms with van der Waals surface area (Å²) in [6.07, 6.45) is 0. The summed E-state index contributed by atoms with van der Waals surface area (Å²) in [6, 6.07) is -0.364. The maximum Gasteiger partial charge on any atom is 0.339 e. The molecule has 0 aliphatic carbocycles. The molecule has 19 heavy (non-hydrogen) atoms. The van der Waals surface area contributed by atoms with Crippen molar-refractivity contribution in [2.75, 3.05) is 40.6 Å². The van der Waals surface area contributed by atoms with Gasteiger partial charge in [-0.2, -0.15) is 0 Å². The van der Waals surface area contributed by atoms with Gasteiger partial charge in [0.1, 0.15) is 5.57 Å². The van der Waals surface area contributed by atoms with E-state index in [-0.39, 0.29) is 38.0 Å². The van der Waals surface area contributed by atoms with Crippen LogP contribution in [0.3, 0.4) is 0 Å². The van der Waals surface area contributed by atoms with Crippen molar-refractivity contribution in [2.24, 2.45) is 0 Å². The number of carbonyl (C=O) groups excluding carboxylic acids is 2. The van der Waals surface area contributed by atoms with Crippen LogP contribution in [0.1, 0.15) is 6.92 Å². The summed E-state index contributed by atoms with van der Waals surface area (Å²) in [5.74, 6) is -1.85. The molecule has 0 saturated heterocycles. The lowest BCUT2D eigenvalue weighted by Gasteiger charge is -2.26. The number of aliphatic hydroxyl groups excluding tert-OH is 1. The molecule has 0 atom stereocenters. The van der Waals surface area contributed by atoms with E-state index >= 15 is 0 Å². The maximum absolute atomic E-state index is 11.9. The molecule has 0 saturated carbocycles. The second-order valence-electron chi connectivity index (χ2n) is 4.05. The average Bonchev–Trinajstić information content (AvgIpc) is 2.67. The Hall–Kier alpha value is -1.60. The number of aliphatic hydroxyl groups is 1. The van der Waals surface area contributed by atoms with Crippen LogP contribution in [0.4, 0.5) is 0 Å². The van der Waals surface area contributed by atoms with Gasteiger partial charge in [0.15, 0.2) is 5.76 Å². The average molecular weight is 273 g/mol. The first-order chi connectivity index (χ1) is 9.06. The van der Waals surface area contributed by atoms with Gasteiger partial charge < -0.3 is 24.2 Å². The third-order valence-corrected chi connectivity index (χ3v) is 2.76. The predicted octanol–water partition coefficient (Wildman–Crippen LogP) is -0.135. The van der Waals surface area contributed by atoms with Crippen molar-refractivity contribution in [3.63, 3.8) is 0 Å². The number of rotatable bonds is 7. The molecule has 0 bridgehead atoms. The highest BCUT2D eigenvalue weighted by atomic mass is 16.5. The molecule has 0 fully saturated rings. The zero-order chi connectivity index (χ0) is 14.4. The van der Waals surface area contributed by atoms with Crippen LogP contribution in [0.25, 0.3) is 0 Å². The second kappa shape index (κ2) is 7.10. The number of methoxy groups -OCH3 is 2. The number of amides is 1. The molecule has 0 radical (unpaired) electrons. The minimum absolute atomic E-state index is 0.000880. The van der Waals surface area contributed by atoms with Crippen molar-refractivity contribution >= 4 is 11.9 Å². The summed E-state index contributed by atoms with van der Waals surface area (Å²) >= 11 is 0. The van der Waals surface area contributed by atoms with E-state index in [1.54, 1.807) is 6.92 Å². The molecule has 108 valence electrons. The van der Waals surface area contributed by atoms with Crippen molar-refractivity contribution < 1.29 is 28.9 Å². The van der Waals surface area contributed by atoms with Crippen molar-refractivity contribution in [1.29, 1.82) is 0 Å². The highest BCUT2D eigenvalue weighted by molar-refractivity contribution is 6.05. The molecule has 0 aromatic carbocycles. The van der Waals surface area contributed by atoms with Crippen LogP contribution in [0, 0.1) is 0 Å². The zero-order valence-electron chi connectivity index (χ0n) is 11.3. The summed E-state index contributed by atoms with van der Waals surface area (Å²) in [6.45, 7) is 2.35. The molecule has 1 aliphatic heterocycles. The number of hydrogen-bond acceptors (Lipinski definition) is 6. The monoisotopic (exact) mass is 273 g/mol. The van der Waals surface area contributed by atoms with Crippen LogP contribution >= 0.6 is 0 Å². The van der Waals surface area contributed by atoms with Crippen molar-refractivity contribution in [2.45, 2.75) is 13.0 Å². The Balaban J connectivity index is 2.82. The SMILES string of the molecule is CCOC(=O)C1=C(O)C(=O)N(C(COC)COC)C1. The lowest BCUT2D eigenvalue weighted by Crippen LogP contribution is -2.43. The lowest BCUT2D eigenvalue weighted by molar-refractivity contribution is -0.138. The fourth-order valence-electron chi connectivity index (χ4n) is 1.87. The molecule has 0 spiro atoms. The molecule has 1 aliphatic rings. The van der Waals surface area contributed by atoms with Crippen molar-refractivity contribution in [3.8, 4) is 0 Å². The Kier molecular flexibility index (Phi) is 5.78. The largest absolute Gasteiger partial charge is 0.503 e. The summed E-state index contributed by atoms with van der Waals surface area (Å²) < 4.78 is 14.8. The third kappa shape index (κ3) is 3.45. The fourth-order valence-corrected chi connectivity index (χ4v) is 1.87. The number of ether oxygens (including phenoxy) is 3. The number of esters is 1. The van der Waals surface area contributed by atoms with Crippen LogP contribution in [-0.4, -0.2) is 68.5 Å². The highest BCUT2D eigenvalue weighted by Crippen LogP contribution is 2.21. The number of carbonyl (C=O) groups is 2. The van der Waals surface area contributed by atoms with Gasteiger partial charge in [0.05, 0.1) is 32.4 Å². The van der Waals surface area contributed by atoms with Gasteiger partial charge in [0.25, 0.3) is 5.91 Å². The predicted molar refractivity (Wildman–Crippen MR) is 65.5 cm³/mol. The molecule has 7 heteroatoms. The third-order valence-electron chi connectivity index (χ3n) is 2.76. The van der Waals surface area contributed by atoms with Gasteiger partial charge in [0.2, 0.25) is 0 Å². The minimum atomic E-state index is -0.676. The first-order valence-electron chi connectivity index (χ1n) is 5.94. The van der Waals surface area contributed by atoms with E-state index in [9.17, 15) is 14.7 Å². The van der Waals surface area contributed by atoms with Gasteiger partial charge in [-0.25, -0.2) is 4.79 Å². The molecular formula is C12H19NO6. The highest BCUT2D eigenvalue weighted by Gasteiger charge is 2.38. The van der Waals surface area contributed by atoms with Gasteiger partial charge in [-0.05, 0) is 6.92 Å². The van der Waals surface area contributed by atoms with E-state index in [1.807, 2.05) is 0 Å². The van der Waals surface area contributed by atoms with E-state index in [2.05, 4.69) is 0 Å². The molecule has 1 rings (SSSR count). The van der Waals surface area contributed by atoms with Crippen LogP contribution in [0.15, 0.2) is 11.3 Å². The topological polar surface area (TPSA) is 85.3 Å². The van der Waals surface area contributed by atoms with Crippen LogP contribution in [-0.2, 0) is 23.8 Å². The standard InChI is InChI=1S/C12H19NO6/c1-4-19-12(16)9-5-13(11(15)10(9)14)8(6-17-2)7-18-3/h8,14H,4-7H2,1-3H3. The van der Waals surface area contributed by atoms with Crippen LogP contribution in [0.5, 0.6) is 0 Å².